The van der Waals surface area contributed by atoms with Crippen LogP contribution in [0.1, 0.15) is 113 Å². The Balaban J connectivity index is 1.35. The van der Waals surface area contributed by atoms with Crippen LogP contribution in [0.15, 0.2) is 48.5 Å². The summed E-state index contributed by atoms with van der Waals surface area (Å²) < 4.78 is 2.28. The van der Waals surface area contributed by atoms with Gasteiger partial charge in [0.05, 0.1) is 17.6 Å². The van der Waals surface area contributed by atoms with Gasteiger partial charge in [-0.2, -0.15) is 0 Å². The fourth-order valence-corrected chi connectivity index (χ4v) is 4.96. The number of carbonyl (C=O) groups is 1. The van der Waals surface area contributed by atoms with Crippen LogP contribution in [-0.2, 0) is 13.1 Å². The van der Waals surface area contributed by atoms with Crippen molar-refractivity contribution in [3.63, 3.8) is 0 Å². The zero-order chi connectivity index (χ0) is 25.4. The van der Waals surface area contributed by atoms with Crippen molar-refractivity contribution >= 4 is 28.5 Å². The van der Waals surface area contributed by atoms with E-state index in [0.29, 0.717) is 17.1 Å². The fourth-order valence-electron chi connectivity index (χ4n) is 4.84. The van der Waals surface area contributed by atoms with Gasteiger partial charge in [-0.15, -0.1) is 0 Å². The minimum Gasteiger partial charge on any atom is -0.345 e. The molecule has 0 radical (unpaired) electrons. The van der Waals surface area contributed by atoms with E-state index in [1.807, 2.05) is 12.1 Å². The lowest BCUT2D eigenvalue weighted by Crippen LogP contribution is -2.24. The molecule has 0 saturated heterocycles. The number of imidazole rings is 1. The number of aromatic nitrogens is 2. The molecule has 3 aromatic rings. The van der Waals surface area contributed by atoms with Gasteiger partial charge < -0.3 is 9.88 Å². The van der Waals surface area contributed by atoms with Gasteiger partial charge in [-0.25, -0.2) is 4.98 Å². The van der Waals surface area contributed by atoms with E-state index in [0.717, 1.165) is 29.8 Å². The predicted octanol–water partition coefficient (Wildman–Crippen LogP) is 9.10. The number of halogens is 1. The molecule has 0 aliphatic rings. The van der Waals surface area contributed by atoms with E-state index in [9.17, 15) is 4.79 Å². The number of carbonyl (C=O) groups excluding carboxylic acids is 1. The first kappa shape index (κ1) is 28.2. The number of unbranched alkanes of at least 4 members (excludes halogenated alkanes) is 13. The van der Waals surface area contributed by atoms with Gasteiger partial charge in [0, 0.05) is 17.1 Å². The smallest absolute Gasteiger partial charge is 0.251 e. The van der Waals surface area contributed by atoms with E-state index in [2.05, 4.69) is 28.9 Å². The highest BCUT2D eigenvalue weighted by molar-refractivity contribution is 6.30. The Hall–Kier alpha value is -2.33. The Morgan fingerprint density at radius 1 is 0.778 bits per heavy atom. The molecule has 1 amide bonds. The second kappa shape index (κ2) is 16.4. The van der Waals surface area contributed by atoms with E-state index in [1.54, 1.807) is 24.3 Å². The Labute approximate surface area is 222 Å². The largest absolute Gasteiger partial charge is 0.345 e. The third kappa shape index (κ3) is 9.61. The third-order valence-corrected chi connectivity index (χ3v) is 7.23. The zero-order valence-electron chi connectivity index (χ0n) is 22.1. The first-order valence-corrected chi connectivity index (χ1v) is 14.5. The minimum absolute atomic E-state index is 0.109. The number of nitrogens with one attached hydrogen (secondary N) is 1. The van der Waals surface area contributed by atoms with Gasteiger partial charge in [0.25, 0.3) is 5.91 Å². The van der Waals surface area contributed by atoms with E-state index in [1.165, 1.54) is 83.5 Å². The van der Waals surface area contributed by atoms with Gasteiger partial charge >= 0.3 is 0 Å². The van der Waals surface area contributed by atoms with Gasteiger partial charge in [0.2, 0.25) is 0 Å². The number of nitrogens with zero attached hydrogens (tertiary/aromatic N) is 2. The second-order valence-corrected chi connectivity index (χ2v) is 10.4. The van der Waals surface area contributed by atoms with Gasteiger partial charge in [-0.3, -0.25) is 4.79 Å². The van der Waals surface area contributed by atoms with Crippen LogP contribution in [0.25, 0.3) is 11.0 Å². The van der Waals surface area contributed by atoms with Crippen LogP contribution in [0.5, 0.6) is 0 Å². The van der Waals surface area contributed by atoms with Crippen LogP contribution in [0, 0.1) is 0 Å². The lowest BCUT2D eigenvalue weighted by molar-refractivity contribution is 0.0949. The van der Waals surface area contributed by atoms with Crippen LogP contribution < -0.4 is 5.32 Å². The summed E-state index contributed by atoms with van der Waals surface area (Å²) in [6.07, 6.45) is 19.0. The summed E-state index contributed by atoms with van der Waals surface area (Å²) >= 11 is 5.94. The normalized spacial score (nSPS) is 11.3. The van der Waals surface area contributed by atoms with Crippen molar-refractivity contribution in [2.24, 2.45) is 0 Å². The Bertz CT molecular complexity index is 1030. The number of hydrogen-bond acceptors (Lipinski definition) is 2. The van der Waals surface area contributed by atoms with Crippen molar-refractivity contribution in [2.75, 3.05) is 0 Å². The van der Waals surface area contributed by atoms with Crippen molar-refractivity contribution in [3.05, 3.63) is 64.9 Å². The molecule has 1 heterocycles. The summed E-state index contributed by atoms with van der Waals surface area (Å²) in [7, 11) is 0. The van der Waals surface area contributed by atoms with E-state index < -0.39 is 0 Å². The standard InChI is InChI=1S/C31H44ClN3O/c1-2-3-4-5-6-7-8-9-10-11-12-13-14-17-24-35-29-19-16-15-18-28(29)34-30(35)25-33-31(36)26-20-22-27(32)23-21-26/h15-16,18-23H,2-14,17,24-25H2,1H3,(H,33,36). The average molecular weight is 510 g/mol. The molecule has 4 nitrogen and oxygen atoms in total. The summed E-state index contributed by atoms with van der Waals surface area (Å²) in [5.74, 6) is 0.801. The molecule has 0 aliphatic heterocycles. The SMILES string of the molecule is CCCCCCCCCCCCCCCCn1c(CNC(=O)c2ccc(Cl)cc2)nc2ccccc21. The molecule has 196 valence electrons. The summed E-state index contributed by atoms with van der Waals surface area (Å²) in [6.45, 7) is 3.63. The van der Waals surface area contributed by atoms with Crippen LogP contribution in [0.4, 0.5) is 0 Å². The number of para-hydroxylation sites is 2. The lowest BCUT2D eigenvalue weighted by atomic mass is 10.0. The summed E-state index contributed by atoms with van der Waals surface area (Å²) in [5, 5.41) is 3.65. The van der Waals surface area contributed by atoms with Gasteiger partial charge in [-0.05, 0) is 42.8 Å². The van der Waals surface area contributed by atoms with Crippen LogP contribution >= 0.6 is 11.6 Å². The number of rotatable bonds is 18. The molecule has 0 saturated carbocycles. The molecule has 0 spiro atoms. The quantitative estimate of drug-likeness (QED) is 0.174. The molecule has 3 rings (SSSR count). The number of hydrogen-bond donors (Lipinski definition) is 1. The molecule has 1 aromatic heterocycles. The van der Waals surface area contributed by atoms with Crippen molar-refractivity contribution in [1.82, 2.24) is 14.9 Å². The maximum Gasteiger partial charge on any atom is 0.251 e. The molecule has 36 heavy (non-hydrogen) atoms. The number of amides is 1. The average Bonchev–Trinajstić information content (AvgIpc) is 3.25. The minimum atomic E-state index is -0.109. The molecule has 0 fully saturated rings. The second-order valence-electron chi connectivity index (χ2n) is 9.95. The summed E-state index contributed by atoms with van der Waals surface area (Å²) in [5.41, 5.74) is 2.73. The molecule has 2 aromatic carbocycles. The van der Waals surface area contributed by atoms with E-state index in [-0.39, 0.29) is 5.91 Å². The molecule has 0 unspecified atom stereocenters. The first-order valence-electron chi connectivity index (χ1n) is 14.2. The van der Waals surface area contributed by atoms with Gasteiger partial charge in [-0.1, -0.05) is 114 Å². The third-order valence-electron chi connectivity index (χ3n) is 6.98. The lowest BCUT2D eigenvalue weighted by Gasteiger charge is -2.10. The van der Waals surface area contributed by atoms with Crippen LogP contribution in [-0.4, -0.2) is 15.5 Å². The number of benzene rings is 2. The number of aryl methyl sites for hydroxylation is 1. The highest BCUT2D eigenvalue weighted by Crippen LogP contribution is 2.19. The number of fused-ring (bicyclic) bond motifs is 1. The zero-order valence-corrected chi connectivity index (χ0v) is 22.9. The maximum atomic E-state index is 12.6. The van der Waals surface area contributed by atoms with Crippen LogP contribution in [0.2, 0.25) is 5.02 Å². The van der Waals surface area contributed by atoms with E-state index in [4.69, 9.17) is 16.6 Å². The molecule has 0 aliphatic carbocycles. The topological polar surface area (TPSA) is 46.9 Å². The Morgan fingerprint density at radius 3 is 1.94 bits per heavy atom. The van der Waals surface area contributed by atoms with Crippen molar-refractivity contribution < 1.29 is 4.79 Å². The molecule has 5 heteroatoms. The van der Waals surface area contributed by atoms with Crippen molar-refractivity contribution in [2.45, 2.75) is 110 Å². The van der Waals surface area contributed by atoms with E-state index >= 15 is 0 Å². The predicted molar refractivity (Wildman–Crippen MR) is 153 cm³/mol. The van der Waals surface area contributed by atoms with Crippen molar-refractivity contribution in [3.8, 4) is 0 Å². The van der Waals surface area contributed by atoms with Crippen LogP contribution in [0.3, 0.4) is 0 Å². The van der Waals surface area contributed by atoms with Gasteiger partial charge in [0.15, 0.2) is 0 Å². The van der Waals surface area contributed by atoms with Crippen molar-refractivity contribution in [1.29, 1.82) is 0 Å². The van der Waals surface area contributed by atoms with Gasteiger partial charge in [0.1, 0.15) is 5.82 Å². The first-order chi connectivity index (χ1) is 17.7. The molecular formula is C31H44ClN3O. The summed E-state index contributed by atoms with van der Waals surface area (Å²) in [6, 6.07) is 15.2. The molecule has 1 N–H and O–H groups in total. The molecule has 0 bridgehead atoms. The molecular weight excluding hydrogens is 466 g/mol. The Morgan fingerprint density at radius 2 is 1.33 bits per heavy atom. The highest BCUT2D eigenvalue weighted by Gasteiger charge is 2.12. The maximum absolute atomic E-state index is 12.6. The Kier molecular flexibility index (Phi) is 12.9. The highest BCUT2D eigenvalue weighted by atomic mass is 35.5. The monoisotopic (exact) mass is 509 g/mol. The fraction of sp³-hybridized carbons (Fsp3) is 0.548. The summed E-state index contributed by atoms with van der Waals surface area (Å²) in [4.78, 5) is 17.4. The molecule has 0 atom stereocenters.